The number of hydrogen-bond donors (Lipinski definition) is 2. The quantitative estimate of drug-likeness (QED) is 0.471. The van der Waals surface area contributed by atoms with Gasteiger partial charge in [0.1, 0.15) is 0 Å². The molecule has 3 rings (SSSR count). The van der Waals surface area contributed by atoms with Crippen molar-refractivity contribution in [3.05, 3.63) is 65.9 Å². The number of nitrogens with zero attached hydrogens (tertiary/aromatic N) is 2. The Morgan fingerprint density at radius 3 is 2.33 bits per heavy atom. The third kappa shape index (κ3) is 4.88. The van der Waals surface area contributed by atoms with Crippen LogP contribution in [0.25, 0.3) is 22.9 Å². The van der Waals surface area contributed by atoms with Crippen LogP contribution in [0.15, 0.2) is 49.2 Å². The van der Waals surface area contributed by atoms with E-state index in [-0.39, 0.29) is 0 Å². The monoisotopic (exact) mass is 404 g/mol. The van der Waals surface area contributed by atoms with Crippen LogP contribution in [0.3, 0.4) is 0 Å². The predicted octanol–water partition coefficient (Wildman–Crippen LogP) is 5.53. The van der Waals surface area contributed by atoms with Crippen molar-refractivity contribution in [2.24, 2.45) is 11.6 Å². The number of hydrogen-bond acceptors (Lipinski definition) is 4. The van der Waals surface area contributed by atoms with Gasteiger partial charge in [-0.05, 0) is 66.6 Å². The fraction of sp³-hybridized carbons (Fsp3) is 0.385. The number of rotatable bonds is 7. The first-order valence-corrected chi connectivity index (χ1v) is 11.0. The Kier molecular flexibility index (Phi) is 7.22. The lowest BCUT2D eigenvalue weighted by Gasteiger charge is -2.37. The first-order chi connectivity index (χ1) is 14.4. The minimum absolute atomic E-state index is 0.635. The van der Waals surface area contributed by atoms with Gasteiger partial charge in [-0.2, -0.15) is 0 Å². The lowest BCUT2D eigenvalue weighted by Crippen LogP contribution is -2.37. The van der Waals surface area contributed by atoms with Gasteiger partial charge in [0, 0.05) is 31.5 Å². The van der Waals surface area contributed by atoms with Crippen molar-refractivity contribution in [3.8, 4) is 11.1 Å². The molecule has 0 amide bonds. The van der Waals surface area contributed by atoms with Crippen LogP contribution >= 0.6 is 0 Å². The van der Waals surface area contributed by atoms with Crippen LogP contribution in [0, 0.1) is 6.92 Å². The van der Waals surface area contributed by atoms with Gasteiger partial charge in [0.25, 0.3) is 0 Å². The smallest absolute Gasteiger partial charge is 0.0564 e. The van der Waals surface area contributed by atoms with Crippen molar-refractivity contribution in [2.45, 2.75) is 52.0 Å². The Morgan fingerprint density at radius 2 is 1.77 bits per heavy atom. The summed E-state index contributed by atoms with van der Waals surface area (Å²) < 4.78 is 0. The molecule has 4 heteroatoms. The first kappa shape index (κ1) is 22.0. The summed E-state index contributed by atoms with van der Waals surface area (Å²) in [6.07, 6.45) is 10.3. The van der Waals surface area contributed by atoms with Gasteiger partial charge < -0.3 is 15.6 Å². The lowest BCUT2D eigenvalue weighted by molar-refractivity contribution is 0.418. The SMILES string of the molecule is C=Cc1cc(-c2ccc(/C(N)=C/N(C)N)cc2)cc(N(CC)C2CCCCC2)c1C. The van der Waals surface area contributed by atoms with Crippen LogP contribution in [0.5, 0.6) is 0 Å². The molecule has 160 valence electrons. The van der Waals surface area contributed by atoms with Gasteiger partial charge in [-0.3, -0.25) is 0 Å². The molecule has 0 spiro atoms. The van der Waals surface area contributed by atoms with Gasteiger partial charge in [0.2, 0.25) is 0 Å². The Labute approximate surface area is 181 Å². The predicted molar refractivity (Wildman–Crippen MR) is 131 cm³/mol. The molecule has 30 heavy (non-hydrogen) atoms. The summed E-state index contributed by atoms with van der Waals surface area (Å²) in [5.74, 6) is 5.68. The molecule has 0 radical (unpaired) electrons. The molecule has 0 bridgehead atoms. The molecule has 2 aromatic rings. The van der Waals surface area contributed by atoms with E-state index in [9.17, 15) is 0 Å². The van der Waals surface area contributed by atoms with Crippen molar-refractivity contribution in [3.63, 3.8) is 0 Å². The summed E-state index contributed by atoms with van der Waals surface area (Å²) in [6, 6.07) is 13.6. The maximum Gasteiger partial charge on any atom is 0.0564 e. The van der Waals surface area contributed by atoms with E-state index in [1.807, 2.05) is 6.08 Å². The number of benzene rings is 2. The molecule has 1 aliphatic rings. The standard InChI is InChI=1S/C26H36N4/c1-5-20-16-23(21-12-14-22(15-13-21)25(27)18-29(4)28)17-26(19(20)3)30(6-2)24-10-8-7-9-11-24/h5,12-18,24H,1,6-11,27-28H2,2-4H3/b25-18-. The molecule has 1 saturated carbocycles. The van der Waals surface area contributed by atoms with E-state index in [4.69, 9.17) is 11.6 Å². The van der Waals surface area contributed by atoms with E-state index < -0.39 is 0 Å². The summed E-state index contributed by atoms with van der Waals surface area (Å²) in [7, 11) is 1.76. The Balaban J connectivity index is 1.99. The zero-order valence-electron chi connectivity index (χ0n) is 18.7. The maximum atomic E-state index is 6.13. The summed E-state index contributed by atoms with van der Waals surface area (Å²) in [6.45, 7) is 9.59. The highest BCUT2D eigenvalue weighted by molar-refractivity contribution is 5.77. The van der Waals surface area contributed by atoms with Crippen molar-refractivity contribution in [1.29, 1.82) is 0 Å². The zero-order chi connectivity index (χ0) is 21.7. The van der Waals surface area contributed by atoms with Crippen LogP contribution in [0.1, 0.15) is 55.7 Å². The molecule has 0 unspecified atom stereocenters. The molecule has 0 heterocycles. The van der Waals surface area contributed by atoms with Crippen LogP contribution in [0.4, 0.5) is 5.69 Å². The van der Waals surface area contributed by atoms with E-state index in [0.717, 1.165) is 12.1 Å². The van der Waals surface area contributed by atoms with E-state index in [0.29, 0.717) is 11.7 Å². The van der Waals surface area contributed by atoms with Crippen molar-refractivity contribution in [1.82, 2.24) is 5.01 Å². The highest BCUT2D eigenvalue weighted by Crippen LogP contribution is 2.35. The minimum atomic E-state index is 0.635. The molecule has 4 N–H and O–H groups in total. The molecule has 0 atom stereocenters. The fourth-order valence-corrected chi connectivity index (χ4v) is 4.56. The fourth-order valence-electron chi connectivity index (χ4n) is 4.56. The van der Waals surface area contributed by atoms with Gasteiger partial charge in [0.05, 0.1) is 5.70 Å². The molecule has 4 nitrogen and oxygen atoms in total. The molecule has 0 aromatic heterocycles. The zero-order valence-corrected chi connectivity index (χ0v) is 18.7. The summed E-state index contributed by atoms with van der Waals surface area (Å²) in [5, 5.41) is 1.47. The van der Waals surface area contributed by atoms with Gasteiger partial charge >= 0.3 is 0 Å². The second-order valence-electron chi connectivity index (χ2n) is 8.32. The number of anilines is 1. The molecule has 2 aromatic carbocycles. The largest absolute Gasteiger partial charge is 0.397 e. The van der Waals surface area contributed by atoms with Crippen LogP contribution in [0.2, 0.25) is 0 Å². The summed E-state index contributed by atoms with van der Waals surface area (Å²) in [4.78, 5) is 2.61. The molecular formula is C26H36N4. The first-order valence-electron chi connectivity index (χ1n) is 11.0. The van der Waals surface area contributed by atoms with E-state index in [1.165, 1.54) is 65.1 Å². The van der Waals surface area contributed by atoms with Crippen molar-refractivity contribution < 1.29 is 0 Å². The van der Waals surface area contributed by atoms with Crippen LogP contribution in [-0.4, -0.2) is 24.6 Å². The summed E-state index contributed by atoms with van der Waals surface area (Å²) in [5.41, 5.74) is 14.0. The molecular weight excluding hydrogens is 368 g/mol. The van der Waals surface area contributed by atoms with Gasteiger partial charge in [-0.1, -0.05) is 56.2 Å². The molecule has 0 saturated heterocycles. The average Bonchev–Trinajstić information content (AvgIpc) is 2.76. The third-order valence-corrected chi connectivity index (χ3v) is 6.20. The van der Waals surface area contributed by atoms with Crippen LogP contribution in [-0.2, 0) is 0 Å². The van der Waals surface area contributed by atoms with Gasteiger partial charge in [-0.25, -0.2) is 5.84 Å². The van der Waals surface area contributed by atoms with Gasteiger partial charge in [0.15, 0.2) is 0 Å². The Bertz CT molecular complexity index is 890. The van der Waals surface area contributed by atoms with E-state index in [1.54, 1.807) is 13.2 Å². The molecule has 0 aliphatic heterocycles. The molecule has 1 fully saturated rings. The van der Waals surface area contributed by atoms with Crippen LogP contribution < -0.4 is 16.5 Å². The van der Waals surface area contributed by atoms with Crippen molar-refractivity contribution >= 4 is 17.5 Å². The topological polar surface area (TPSA) is 58.5 Å². The summed E-state index contributed by atoms with van der Waals surface area (Å²) >= 11 is 0. The highest BCUT2D eigenvalue weighted by Gasteiger charge is 2.22. The molecule has 1 aliphatic carbocycles. The average molecular weight is 405 g/mol. The van der Waals surface area contributed by atoms with Crippen molar-refractivity contribution in [2.75, 3.05) is 18.5 Å². The Hall–Kier alpha value is -2.72. The second kappa shape index (κ2) is 9.86. The lowest BCUT2D eigenvalue weighted by atomic mass is 9.91. The maximum absolute atomic E-state index is 6.13. The highest BCUT2D eigenvalue weighted by atomic mass is 15.4. The number of nitrogens with two attached hydrogens (primary N) is 2. The second-order valence-corrected chi connectivity index (χ2v) is 8.32. The normalized spacial score (nSPS) is 15.1. The third-order valence-electron chi connectivity index (χ3n) is 6.20. The van der Waals surface area contributed by atoms with Gasteiger partial charge in [-0.15, -0.1) is 0 Å². The van der Waals surface area contributed by atoms with E-state index >= 15 is 0 Å². The van der Waals surface area contributed by atoms with E-state index in [2.05, 4.69) is 61.7 Å². The minimum Gasteiger partial charge on any atom is -0.397 e. The Morgan fingerprint density at radius 1 is 1.10 bits per heavy atom. The number of hydrazine groups is 1.